The fourth-order valence-corrected chi connectivity index (χ4v) is 3.82. The molecule has 0 spiro atoms. The quantitative estimate of drug-likeness (QED) is 0.638. The van der Waals surface area contributed by atoms with Gasteiger partial charge in [-0.2, -0.15) is 0 Å². The van der Waals surface area contributed by atoms with Crippen LogP contribution in [-0.2, 0) is 0 Å². The Kier molecular flexibility index (Phi) is 5.40. The zero-order valence-electron chi connectivity index (χ0n) is 14.7. The third-order valence-corrected chi connectivity index (χ3v) is 5.51. The molecule has 0 saturated carbocycles. The third-order valence-electron chi connectivity index (χ3n) is 4.36. The molecule has 1 aromatic carbocycles. The van der Waals surface area contributed by atoms with Gasteiger partial charge in [-0.25, -0.2) is 14.4 Å². The van der Waals surface area contributed by atoms with Gasteiger partial charge in [-0.3, -0.25) is 4.79 Å². The van der Waals surface area contributed by atoms with Crippen LogP contribution in [0.1, 0.15) is 9.67 Å². The van der Waals surface area contributed by atoms with Crippen molar-refractivity contribution in [1.82, 2.24) is 14.9 Å². The summed E-state index contributed by atoms with van der Waals surface area (Å²) in [6, 6.07) is 9.33. The molecule has 0 aliphatic carbocycles. The lowest BCUT2D eigenvalue weighted by atomic mass is 10.3. The van der Waals surface area contributed by atoms with Crippen LogP contribution in [0.3, 0.4) is 0 Å². The van der Waals surface area contributed by atoms with Crippen molar-refractivity contribution in [3.63, 3.8) is 0 Å². The van der Waals surface area contributed by atoms with Crippen molar-refractivity contribution in [1.29, 1.82) is 0 Å². The van der Waals surface area contributed by atoms with E-state index >= 15 is 0 Å². The van der Waals surface area contributed by atoms with Crippen LogP contribution in [0.15, 0.2) is 48.1 Å². The lowest BCUT2D eigenvalue weighted by Gasteiger charge is -2.35. The number of hydrogen-bond acceptors (Lipinski definition) is 6. The number of carbonyl (C=O) groups excluding carboxylic acids is 1. The maximum Gasteiger partial charge on any atom is 0.264 e. The lowest BCUT2D eigenvalue weighted by molar-refractivity contribution is 0.0751. The Hall–Kier alpha value is -2.71. The highest BCUT2D eigenvalue weighted by molar-refractivity contribution is 7.12. The molecule has 1 aliphatic heterocycles. The average molecular weight is 419 g/mol. The second kappa shape index (κ2) is 8.12. The SMILES string of the molecule is O=C(c1cccs1)N1CCN(c2cc(Oc3ccc(F)cc3Cl)ncn2)CC1. The minimum atomic E-state index is -0.435. The standard InChI is InChI=1S/C19H16ClFN4O2S/c20-14-10-13(21)3-4-15(14)27-18-11-17(22-12-23-18)24-5-7-25(8-6-24)19(26)16-2-1-9-28-16/h1-4,9-12H,5-8H2. The number of aromatic nitrogens is 2. The van der Waals surface area contributed by atoms with Crippen LogP contribution in [0.5, 0.6) is 11.6 Å². The van der Waals surface area contributed by atoms with E-state index in [1.54, 1.807) is 6.07 Å². The van der Waals surface area contributed by atoms with Crippen molar-refractivity contribution in [3.05, 3.63) is 63.8 Å². The number of anilines is 1. The predicted molar refractivity (Wildman–Crippen MR) is 106 cm³/mol. The monoisotopic (exact) mass is 418 g/mol. The molecule has 9 heteroatoms. The number of ether oxygens (including phenoxy) is 1. The molecular weight excluding hydrogens is 403 g/mol. The zero-order chi connectivity index (χ0) is 19.5. The molecule has 2 aromatic heterocycles. The molecule has 1 aliphatic rings. The molecule has 0 radical (unpaired) electrons. The van der Waals surface area contributed by atoms with Crippen LogP contribution < -0.4 is 9.64 Å². The molecule has 1 amide bonds. The highest BCUT2D eigenvalue weighted by Crippen LogP contribution is 2.30. The highest BCUT2D eigenvalue weighted by Gasteiger charge is 2.23. The largest absolute Gasteiger partial charge is 0.437 e. The average Bonchev–Trinajstić information content (AvgIpc) is 3.25. The van der Waals surface area contributed by atoms with Crippen molar-refractivity contribution >= 4 is 34.7 Å². The van der Waals surface area contributed by atoms with Gasteiger partial charge >= 0.3 is 0 Å². The van der Waals surface area contributed by atoms with Crippen molar-refractivity contribution in [2.75, 3.05) is 31.1 Å². The van der Waals surface area contributed by atoms with E-state index in [1.807, 2.05) is 22.4 Å². The Morgan fingerprint density at radius 2 is 1.96 bits per heavy atom. The number of amides is 1. The minimum absolute atomic E-state index is 0.0623. The van der Waals surface area contributed by atoms with E-state index in [2.05, 4.69) is 14.9 Å². The summed E-state index contributed by atoms with van der Waals surface area (Å²) in [5.74, 6) is 0.962. The van der Waals surface area contributed by atoms with Gasteiger partial charge in [0.05, 0.1) is 9.90 Å². The number of piperazine rings is 1. The maximum atomic E-state index is 13.2. The summed E-state index contributed by atoms with van der Waals surface area (Å²) >= 11 is 7.45. The molecule has 0 N–H and O–H groups in total. The molecule has 6 nitrogen and oxygen atoms in total. The number of carbonyl (C=O) groups is 1. The van der Waals surface area contributed by atoms with Gasteiger partial charge in [0, 0.05) is 32.2 Å². The lowest BCUT2D eigenvalue weighted by Crippen LogP contribution is -2.48. The van der Waals surface area contributed by atoms with Gasteiger partial charge in [0.15, 0.2) is 0 Å². The van der Waals surface area contributed by atoms with Crippen molar-refractivity contribution in [2.45, 2.75) is 0 Å². The molecule has 3 aromatic rings. The normalized spacial score (nSPS) is 14.2. The van der Waals surface area contributed by atoms with E-state index in [0.29, 0.717) is 43.6 Å². The first kappa shape index (κ1) is 18.6. The molecule has 0 atom stereocenters. The summed E-state index contributed by atoms with van der Waals surface area (Å²) in [5.41, 5.74) is 0. The van der Waals surface area contributed by atoms with Gasteiger partial charge in [-0.1, -0.05) is 17.7 Å². The molecule has 0 bridgehead atoms. The number of thiophene rings is 1. The van der Waals surface area contributed by atoms with E-state index < -0.39 is 5.82 Å². The number of nitrogens with zero attached hydrogens (tertiary/aromatic N) is 4. The topological polar surface area (TPSA) is 58.6 Å². The molecule has 144 valence electrons. The first-order chi connectivity index (χ1) is 13.6. The summed E-state index contributed by atoms with van der Waals surface area (Å²) in [5, 5.41) is 2.07. The first-order valence-electron chi connectivity index (χ1n) is 8.63. The van der Waals surface area contributed by atoms with Crippen LogP contribution in [0, 0.1) is 5.82 Å². The van der Waals surface area contributed by atoms with Crippen molar-refractivity contribution in [3.8, 4) is 11.6 Å². The number of rotatable bonds is 4. The van der Waals surface area contributed by atoms with Gasteiger partial charge in [-0.15, -0.1) is 11.3 Å². The van der Waals surface area contributed by atoms with Crippen LogP contribution in [0.25, 0.3) is 0 Å². The van der Waals surface area contributed by atoms with Crippen LogP contribution in [0.2, 0.25) is 5.02 Å². The van der Waals surface area contributed by atoms with Crippen LogP contribution in [0.4, 0.5) is 10.2 Å². The molecule has 3 heterocycles. The van der Waals surface area contributed by atoms with Crippen molar-refractivity contribution < 1.29 is 13.9 Å². The first-order valence-corrected chi connectivity index (χ1v) is 9.88. The smallest absolute Gasteiger partial charge is 0.264 e. The predicted octanol–water partition coefficient (Wildman–Crippen LogP) is 4.09. The van der Waals surface area contributed by atoms with Crippen LogP contribution in [-0.4, -0.2) is 47.0 Å². The van der Waals surface area contributed by atoms with Gasteiger partial charge in [0.1, 0.15) is 23.7 Å². The Bertz CT molecular complexity index is 978. The number of halogens is 2. The maximum absolute atomic E-state index is 13.2. The highest BCUT2D eigenvalue weighted by atomic mass is 35.5. The molecule has 28 heavy (non-hydrogen) atoms. The second-order valence-corrected chi connectivity index (χ2v) is 7.50. The second-order valence-electron chi connectivity index (χ2n) is 6.15. The summed E-state index contributed by atoms with van der Waals surface area (Å²) in [6.45, 7) is 2.54. The fourth-order valence-electron chi connectivity index (χ4n) is 2.92. The van der Waals surface area contributed by atoms with Gasteiger partial charge in [-0.05, 0) is 29.6 Å². The molecule has 1 saturated heterocycles. The summed E-state index contributed by atoms with van der Waals surface area (Å²) in [7, 11) is 0. The summed E-state index contributed by atoms with van der Waals surface area (Å²) < 4.78 is 18.8. The third kappa shape index (κ3) is 4.07. The van der Waals surface area contributed by atoms with Gasteiger partial charge in [0.2, 0.25) is 5.88 Å². The number of hydrogen-bond donors (Lipinski definition) is 0. The Morgan fingerprint density at radius 1 is 1.14 bits per heavy atom. The Balaban J connectivity index is 1.42. The minimum Gasteiger partial charge on any atom is -0.437 e. The zero-order valence-corrected chi connectivity index (χ0v) is 16.3. The molecule has 4 rings (SSSR count). The van der Waals surface area contributed by atoms with E-state index in [9.17, 15) is 9.18 Å². The Labute approximate surface area is 170 Å². The fraction of sp³-hybridized carbons (Fsp3) is 0.211. The summed E-state index contributed by atoms with van der Waals surface area (Å²) in [6.07, 6.45) is 1.41. The molecule has 0 unspecified atom stereocenters. The van der Waals surface area contributed by atoms with Gasteiger partial charge in [0.25, 0.3) is 5.91 Å². The number of benzene rings is 1. The van der Waals surface area contributed by atoms with Crippen LogP contribution >= 0.6 is 22.9 Å². The van der Waals surface area contributed by atoms with Crippen molar-refractivity contribution in [2.24, 2.45) is 0 Å². The molecular formula is C19H16ClFN4O2S. The van der Waals surface area contributed by atoms with Gasteiger partial charge < -0.3 is 14.5 Å². The van der Waals surface area contributed by atoms with E-state index in [1.165, 1.54) is 35.9 Å². The Morgan fingerprint density at radius 3 is 2.68 bits per heavy atom. The van der Waals surface area contributed by atoms with E-state index in [4.69, 9.17) is 16.3 Å². The summed E-state index contributed by atoms with van der Waals surface area (Å²) in [4.78, 5) is 25.5. The van der Waals surface area contributed by atoms with E-state index in [-0.39, 0.29) is 10.9 Å². The molecule has 1 fully saturated rings. The van der Waals surface area contributed by atoms with E-state index in [0.717, 1.165) is 4.88 Å².